The average Bonchev–Trinajstić information content (AvgIpc) is 3.36. The molecule has 1 unspecified atom stereocenters. The van der Waals surface area contributed by atoms with Gasteiger partial charge in [-0.15, -0.1) is 0 Å². The molecule has 0 saturated heterocycles. The zero-order chi connectivity index (χ0) is 32.2. The van der Waals surface area contributed by atoms with Crippen molar-refractivity contribution in [2.45, 2.75) is 31.4 Å². The molecule has 0 bridgehead atoms. The second-order valence-corrected chi connectivity index (χ2v) is 11.6. The van der Waals surface area contributed by atoms with Crippen molar-refractivity contribution in [2.75, 3.05) is 24.7 Å². The van der Waals surface area contributed by atoms with Crippen molar-refractivity contribution in [1.82, 2.24) is 0 Å². The lowest BCUT2D eigenvalue weighted by Crippen LogP contribution is -2.45. The zero-order valence-electron chi connectivity index (χ0n) is 26.1. The van der Waals surface area contributed by atoms with Gasteiger partial charge in [-0.3, -0.25) is 14.5 Å². The molecule has 0 spiro atoms. The molecule has 7 rings (SSSR count). The molecule has 7 heteroatoms. The number of amides is 1. The van der Waals surface area contributed by atoms with Crippen LogP contribution in [-0.4, -0.2) is 31.7 Å². The predicted octanol–water partition coefficient (Wildman–Crippen LogP) is 7.41. The van der Waals surface area contributed by atoms with Crippen molar-refractivity contribution in [3.05, 3.63) is 155 Å². The fraction of sp³-hybridized carbons (Fsp3) is 0.200. The van der Waals surface area contributed by atoms with Crippen LogP contribution in [0.1, 0.15) is 47.2 Å². The number of carbonyl (C=O) groups is 2. The quantitative estimate of drug-likeness (QED) is 0.151. The normalized spacial score (nSPS) is 16.6. The minimum Gasteiger partial charge on any atom is -0.488 e. The highest BCUT2D eigenvalue weighted by Gasteiger charge is 2.57. The van der Waals surface area contributed by atoms with Crippen molar-refractivity contribution in [1.29, 1.82) is 0 Å². The van der Waals surface area contributed by atoms with E-state index in [1.165, 1.54) is 0 Å². The lowest BCUT2D eigenvalue weighted by molar-refractivity contribution is -0.146. The van der Waals surface area contributed by atoms with Gasteiger partial charge < -0.3 is 18.9 Å². The van der Waals surface area contributed by atoms with Gasteiger partial charge in [0.05, 0.1) is 19.1 Å². The van der Waals surface area contributed by atoms with Gasteiger partial charge in [-0.25, -0.2) is 0 Å². The van der Waals surface area contributed by atoms with Gasteiger partial charge in [-0.2, -0.15) is 0 Å². The number of benzene rings is 5. The molecular weight excluding hydrogens is 590 g/mol. The number of carbonyl (C=O) groups excluding carboxylic acids is 2. The van der Waals surface area contributed by atoms with Crippen LogP contribution in [-0.2, 0) is 26.3 Å². The smallest absolute Gasteiger partial charge is 0.307 e. The molecule has 2 heterocycles. The maximum Gasteiger partial charge on any atom is 0.307 e. The molecule has 1 atom stereocenters. The van der Waals surface area contributed by atoms with Crippen LogP contribution in [0.25, 0.3) is 0 Å². The number of hydrogen-bond donors (Lipinski definition) is 0. The van der Waals surface area contributed by atoms with Crippen LogP contribution >= 0.6 is 0 Å². The highest BCUT2D eigenvalue weighted by Crippen LogP contribution is 2.55. The lowest BCUT2D eigenvalue weighted by Gasteiger charge is -2.34. The molecule has 0 aliphatic carbocycles. The van der Waals surface area contributed by atoms with Crippen molar-refractivity contribution in [2.24, 2.45) is 0 Å². The van der Waals surface area contributed by atoms with Crippen molar-refractivity contribution in [3.63, 3.8) is 0 Å². The van der Waals surface area contributed by atoms with Gasteiger partial charge in [0.25, 0.3) is 0 Å². The van der Waals surface area contributed by atoms with Crippen LogP contribution in [0.5, 0.6) is 17.2 Å². The lowest BCUT2D eigenvalue weighted by atomic mass is 9.72. The van der Waals surface area contributed by atoms with Gasteiger partial charge in [0.2, 0.25) is 5.91 Å². The Morgan fingerprint density at radius 2 is 1.34 bits per heavy atom. The highest BCUT2D eigenvalue weighted by molar-refractivity contribution is 6.13. The number of nitrogens with zero attached hydrogens (tertiary/aromatic N) is 1. The van der Waals surface area contributed by atoms with Crippen molar-refractivity contribution >= 4 is 17.6 Å². The molecule has 0 fully saturated rings. The van der Waals surface area contributed by atoms with Gasteiger partial charge in [-0.1, -0.05) is 109 Å². The standard InChI is InChI=1S/C40H35NO6/c1-2-44-37(42)26-40(32-24-35-36(46-23-22-45-35)25-34(32)47-27-28-14-6-3-7-15-28)31-20-12-13-21-33(31)41(39(40)43)38(29-16-8-4-9-17-29)30-18-10-5-11-19-30/h3-21,24-25,38H,2,22-23,26-27H2,1H3. The predicted molar refractivity (Wildman–Crippen MR) is 179 cm³/mol. The summed E-state index contributed by atoms with van der Waals surface area (Å²) >= 11 is 0. The summed E-state index contributed by atoms with van der Waals surface area (Å²) in [6, 6.07) is 40.5. The Morgan fingerprint density at radius 3 is 1.98 bits per heavy atom. The fourth-order valence-electron chi connectivity index (χ4n) is 6.71. The van der Waals surface area contributed by atoms with Crippen LogP contribution in [0, 0.1) is 0 Å². The summed E-state index contributed by atoms with van der Waals surface area (Å²) in [5.41, 5.74) is 3.27. The third-order valence-corrected chi connectivity index (χ3v) is 8.75. The van der Waals surface area contributed by atoms with Crippen LogP contribution in [0.15, 0.2) is 127 Å². The number of hydrogen-bond acceptors (Lipinski definition) is 6. The Kier molecular flexibility index (Phi) is 8.36. The van der Waals surface area contributed by atoms with E-state index in [0.717, 1.165) is 16.7 Å². The van der Waals surface area contributed by atoms with E-state index >= 15 is 4.79 Å². The minimum absolute atomic E-state index is 0.184. The number of esters is 1. The molecule has 2 aliphatic heterocycles. The Morgan fingerprint density at radius 1 is 0.766 bits per heavy atom. The fourth-order valence-corrected chi connectivity index (χ4v) is 6.71. The molecule has 7 nitrogen and oxygen atoms in total. The topological polar surface area (TPSA) is 74.3 Å². The van der Waals surface area contributed by atoms with Gasteiger partial charge in [0.1, 0.15) is 31.0 Å². The monoisotopic (exact) mass is 625 g/mol. The second kappa shape index (κ2) is 13.0. The molecule has 2 aliphatic rings. The molecule has 0 radical (unpaired) electrons. The second-order valence-electron chi connectivity index (χ2n) is 11.6. The Hall–Kier alpha value is -5.56. The van der Waals surface area contributed by atoms with E-state index in [4.69, 9.17) is 18.9 Å². The molecule has 47 heavy (non-hydrogen) atoms. The van der Waals surface area contributed by atoms with E-state index in [0.29, 0.717) is 47.3 Å². The first-order chi connectivity index (χ1) is 23.1. The minimum atomic E-state index is -1.49. The molecule has 5 aromatic carbocycles. The molecule has 0 saturated carbocycles. The number of anilines is 1. The third kappa shape index (κ3) is 5.58. The third-order valence-electron chi connectivity index (χ3n) is 8.75. The van der Waals surface area contributed by atoms with E-state index in [1.807, 2.05) is 126 Å². The first-order valence-electron chi connectivity index (χ1n) is 15.9. The molecule has 1 amide bonds. The average molecular weight is 626 g/mol. The Bertz CT molecular complexity index is 1840. The maximum absolute atomic E-state index is 15.6. The van der Waals surface area contributed by atoms with Gasteiger partial charge in [0.15, 0.2) is 11.5 Å². The van der Waals surface area contributed by atoms with Crippen LogP contribution in [0.2, 0.25) is 0 Å². The molecule has 0 aromatic heterocycles. The van der Waals surface area contributed by atoms with Crippen LogP contribution in [0.3, 0.4) is 0 Å². The van der Waals surface area contributed by atoms with E-state index in [-0.39, 0.29) is 25.5 Å². The summed E-state index contributed by atoms with van der Waals surface area (Å²) in [7, 11) is 0. The van der Waals surface area contributed by atoms with Gasteiger partial charge in [-0.05, 0) is 41.3 Å². The largest absolute Gasteiger partial charge is 0.488 e. The van der Waals surface area contributed by atoms with Crippen molar-refractivity contribution in [3.8, 4) is 17.2 Å². The summed E-state index contributed by atoms with van der Waals surface area (Å²) in [5.74, 6) is 0.704. The van der Waals surface area contributed by atoms with E-state index < -0.39 is 17.4 Å². The summed E-state index contributed by atoms with van der Waals surface area (Å²) in [6.45, 7) is 2.95. The SMILES string of the molecule is CCOC(=O)CC1(c2cc3c(cc2OCc2ccccc2)OCCO3)C(=O)N(C(c2ccccc2)c2ccccc2)c2ccccc21. The van der Waals surface area contributed by atoms with Crippen molar-refractivity contribution < 1.29 is 28.5 Å². The van der Waals surface area contributed by atoms with Gasteiger partial charge >= 0.3 is 5.97 Å². The van der Waals surface area contributed by atoms with E-state index in [9.17, 15) is 4.79 Å². The van der Waals surface area contributed by atoms with Gasteiger partial charge in [0, 0.05) is 17.3 Å². The first-order valence-corrected chi connectivity index (χ1v) is 15.9. The zero-order valence-corrected chi connectivity index (χ0v) is 26.1. The Labute approximate surface area is 274 Å². The summed E-state index contributed by atoms with van der Waals surface area (Å²) in [5, 5.41) is 0. The number of para-hydroxylation sites is 1. The number of rotatable bonds is 10. The maximum atomic E-state index is 15.6. The Balaban J connectivity index is 1.46. The number of ether oxygens (including phenoxy) is 4. The molecule has 0 N–H and O–H groups in total. The molecule has 236 valence electrons. The number of fused-ring (bicyclic) bond motifs is 2. The van der Waals surface area contributed by atoms with E-state index in [1.54, 1.807) is 13.0 Å². The van der Waals surface area contributed by atoms with E-state index in [2.05, 4.69) is 0 Å². The molecular formula is C40H35NO6. The van der Waals surface area contributed by atoms with Crippen LogP contribution in [0.4, 0.5) is 5.69 Å². The first kappa shape index (κ1) is 30.1. The van der Waals surface area contributed by atoms with Crippen LogP contribution < -0.4 is 19.1 Å². The summed E-state index contributed by atoms with van der Waals surface area (Å²) < 4.78 is 24.1. The summed E-state index contributed by atoms with van der Waals surface area (Å²) in [4.78, 5) is 31.1. The summed E-state index contributed by atoms with van der Waals surface area (Å²) in [6.07, 6.45) is -0.231. The molecule has 5 aromatic rings. The highest BCUT2D eigenvalue weighted by atomic mass is 16.6.